The summed E-state index contributed by atoms with van der Waals surface area (Å²) in [6, 6.07) is 29.7. The van der Waals surface area contributed by atoms with Gasteiger partial charge in [-0.2, -0.15) is 0 Å². The molecule has 35 heavy (non-hydrogen) atoms. The molecule has 0 aliphatic heterocycles. The van der Waals surface area contributed by atoms with E-state index in [0.717, 1.165) is 57.0 Å². The maximum absolute atomic E-state index is 5.95. The van der Waals surface area contributed by atoms with E-state index in [1.54, 1.807) is 0 Å². The van der Waals surface area contributed by atoms with Crippen molar-refractivity contribution >= 4 is 0 Å². The van der Waals surface area contributed by atoms with Gasteiger partial charge < -0.3 is 9.30 Å². The Morgan fingerprint density at radius 3 is 2.29 bits per heavy atom. The van der Waals surface area contributed by atoms with Crippen LogP contribution in [-0.2, 0) is 26.1 Å². The second-order valence-electron chi connectivity index (χ2n) is 8.93. The maximum atomic E-state index is 5.95. The first-order valence-corrected chi connectivity index (χ1v) is 12.8. The Balaban J connectivity index is 1.61. The van der Waals surface area contributed by atoms with Gasteiger partial charge in [0.2, 0.25) is 0 Å². The summed E-state index contributed by atoms with van der Waals surface area (Å²) in [4.78, 5) is 7.40. The van der Waals surface area contributed by atoms with E-state index >= 15 is 0 Å². The zero-order valence-corrected chi connectivity index (χ0v) is 21.1. The molecule has 0 spiro atoms. The van der Waals surface area contributed by atoms with Crippen LogP contribution in [0.15, 0.2) is 91.1 Å². The van der Waals surface area contributed by atoms with E-state index in [0.29, 0.717) is 6.61 Å². The number of hydrogen-bond acceptors (Lipinski definition) is 3. The van der Waals surface area contributed by atoms with Crippen LogP contribution in [0, 0.1) is 0 Å². The van der Waals surface area contributed by atoms with Gasteiger partial charge in [-0.05, 0) is 31.4 Å². The van der Waals surface area contributed by atoms with Crippen LogP contribution >= 0.6 is 0 Å². The number of imidazole rings is 1. The Morgan fingerprint density at radius 2 is 1.54 bits per heavy atom. The molecular formula is C31H37N3O. The third-order valence-electron chi connectivity index (χ3n) is 6.32. The van der Waals surface area contributed by atoms with E-state index in [2.05, 4.69) is 108 Å². The molecule has 0 unspecified atom stereocenters. The van der Waals surface area contributed by atoms with Gasteiger partial charge >= 0.3 is 0 Å². The molecule has 3 aromatic carbocycles. The van der Waals surface area contributed by atoms with Crippen molar-refractivity contribution in [1.29, 1.82) is 0 Å². The van der Waals surface area contributed by atoms with Gasteiger partial charge in [0.15, 0.2) is 0 Å². The highest BCUT2D eigenvalue weighted by molar-refractivity contribution is 5.55. The zero-order valence-electron chi connectivity index (χ0n) is 21.1. The third kappa shape index (κ3) is 6.83. The molecule has 1 aromatic heterocycles. The largest absolute Gasteiger partial charge is 0.494 e. The van der Waals surface area contributed by atoms with Gasteiger partial charge in [0.25, 0.3) is 0 Å². The van der Waals surface area contributed by atoms with E-state index in [-0.39, 0.29) is 0 Å². The maximum Gasteiger partial charge on any atom is 0.140 e. The minimum absolute atomic E-state index is 0.672. The highest BCUT2D eigenvalue weighted by Gasteiger charge is 2.17. The number of rotatable bonds is 13. The molecule has 0 N–H and O–H groups in total. The van der Waals surface area contributed by atoms with Gasteiger partial charge in [0, 0.05) is 37.3 Å². The fourth-order valence-electron chi connectivity index (χ4n) is 4.47. The van der Waals surface area contributed by atoms with E-state index in [1.165, 1.54) is 22.4 Å². The minimum atomic E-state index is 0.672. The topological polar surface area (TPSA) is 30.3 Å². The number of hydrogen-bond donors (Lipinski definition) is 0. The van der Waals surface area contributed by atoms with Gasteiger partial charge in [0.1, 0.15) is 11.6 Å². The first-order chi connectivity index (χ1) is 17.3. The van der Waals surface area contributed by atoms with Crippen LogP contribution < -0.4 is 4.74 Å². The average molecular weight is 468 g/mol. The molecule has 0 atom stereocenters. The lowest BCUT2D eigenvalue weighted by molar-refractivity contribution is 0.246. The molecule has 0 aliphatic carbocycles. The second-order valence-corrected chi connectivity index (χ2v) is 8.93. The number of aromatic nitrogens is 2. The summed E-state index contributed by atoms with van der Waals surface area (Å²) >= 11 is 0. The molecule has 0 amide bonds. The lowest BCUT2D eigenvalue weighted by Gasteiger charge is -2.24. The van der Waals surface area contributed by atoms with Gasteiger partial charge in [-0.15, -0.1) is 0 Å². The van der Waals surface area contributed by atoms with Crippen molar-refractivity contribution in [3.8, 4) is 17.1 Å². The monoisotopic (exact) mass is 467 g/mol. The van der Waals surface area contributed by atoms with Crippen LogP contribution in [0.2, 0.25) is 0 Å². The average Bonchev–Trinajstić information content (AvgIpc) is 3.30. The second kappa shape index (κ2) is 12.9. The molecule has 182 valence electrons. The molecule has 4 heteroatoms. The minimum Gasteiger partial charge on any atom is -0.494 e. The van der Waals surface area contributed by atoms with E-state index in [4.69, 9.17) is 9.72 Å². The highest BCUT2D eigenvalue weighted by atomic mass is 16.5. The van der Waals surface area contributed by atoms with Crippen molar-refractivity contribution in [3.05, 3.63) is 108 Å². The summed E-state index contributed by atoms with van der Waals surface area (Å²) < 4.78 is 8.36. The molecule has 0 fully saturated rings. The smallest absolute Gasteiger partial charge is 0.140 e. The van der Waals surface area contributed by atoms with Crippen molar-refractivity contribution in [3.63, 3.8) is 0 Å². The molecular weight excluding hydrogens is 430 g/mol. The number of para-hydroxylation sites is 1. The molecule has 0 aliphatic rings. The Kier molecular flexibility index (Phi) is 9.13. The van der Waals surface area contributed by atoms with E-state index in [9.17, 15) is 0 Å². The Hall–Kier alpha value is -3.37. The van der Waals surface area contributed by atoms with Gasteiger partial charge in [-0.1, -0.05) is 92.2 Å². The summed E-state index contributed by atoms with van der Waals surface area (Å²) in [5.41, 5.74) is 5.03. The number of unbranched alkanes of at least 4 members (excludes halogenated alkanes) is 1. The predicted octanol–water partition coefficient (Wildman–Crippen LogP) is 6.99. The van der Waals surface area contributed by atoms with Crippen molar-refractivity contribution in [2.75, 3.05) is 13.2 Å². The number of ether oxygens (including phenoxy) is 1. The van der Waals surface area contributed by atoms with Crippen LogP contribution in [0.3, 0.4) is 0 Å². The van der Waals surface area contributed by atoms with Gasteiger partial charge in [0.05, 0.1) is 18.5 Å². The Bertz CT molecular complexity index is 1150. The summed E-state index contributed by atoms with van der Waals surface area (Å²) in [7, 11) is 0. The lowest BCUT2D eigenvalue weighted by atomic mass is 10.1. The van der Waals surface area contributed by atoms with Crippen LogP contribution in [0.1, 0.15) is 43.5 Å². The summed E-state index contributed by atoms with van der Waals surface area (Å²) in [5.74, 6) is 2.04. The summed E-state index contributed by atoms with van der Waals surface area (Å²) in [6.07, 6.45) is 5.37. The van der Waals surface area contributed by atoms with E-state index in [1.807, 2.05) is 6.92 Å². The molecule has 4 rings (SSSR count). The first-order valence-electron chi connectivity index (χ1n) is 12.8. The fourth-order valence-corrected chi connectivity index (χ4v) is 4.47. The number of nitrogens with zero attached hydrogens (tertiary/aromatic N) is 3. The molecule has 0 bridgehead atoms. The van der Waals surface area contributed by atoms with Crippen LogP contribution in [0.25, 0.3) is 11.4 Å². The molecule has 4 nitrogen and oxygen atoms in total. The van der Waals surface area contributed by atoms with Gasteiger partial charge in [-0.25, -0.2) is 4.98 Å². The molecule has 1 heterocycles. The normalized spacial score (nSPS) is 11.2. The summed E-state index contributed by atoms with van der Waals surface area (Å²) in [5, 5.41) is 0. The van der Waals surface area contributed by atoms with Crippen LogP contribution in [0.4, 0.5) is 0 Å². The van der Waals surface area contributed by atoms with Gasteiger partial charge in [-0.3, -0.25) is 4.90 Å². The van der Waals surface area contributed by atoms with Crippen molar-refractivity contribution in [1.82, 2.24) is 14.5 Å². The number of benzene rings is 3. The third-order valence-corrected chi connectivity index (χ3v) is 6.32. The first kappa shape index (κ1) is 24.7. The van der Waals surface area contributed by atoms with Crippen LogP contribution in [0.5, 0.6) is 5.75 Å². The van der Waals surface area contributed by atoms with Crippen molar-refractivity contribution in [2.24, 2.45) is 0 Å². The van der Waals surface area contributed by atoms with Crippen molar-refractivity contribution in [2.45, 2.75) is 52.7 Å². The fraction of sp³-hybridized carbons (Fsp3) is 0.323. The zero-order chi connectivity index (χ0) is 24.3. The SMILES string of the molecule is CCCCn1c(CN(CCc2ccccc2)Cc2ccccc2OCC)cnc1-c1ccccc1. The predicted molar refractivity (Wildman–Crippen MR) is 144 cm³/mol. The Labute approximate surface area is 210 Å². The highest BCUT2D eigenvalue weighted by Crippen LogP contribution is 2.24. The van der Waals surface area contributed by atoms with E-state index < -0.39 is 0 Å². The van der Waals surface area contributed by atoms with Crippen molar-refractivity contribution < 1.29 is 4.74 Å². The molecule has 0 radical (unpaired) electrons. The standard InChI is InChI=1S/C31H37N3O/c1-3-5-21-34-29(23-32-31(34)27-16-10-7-11-17-27)25-33(22-20-26-14-8-6-9-15-26)24-28-18-12-13-19-30(28)35-4-2/h6-19,23H,3-5,20-22,24-25H2,1-2H3. The quantitative estimate of drug-likeness (QED) is 0.212. The molecule has 0 saturated carbocycles. The van der Waals surface area contributed by atoms with Crippen LogP contribution in [-0.4, -0.2) is 27.6 Å². The lowest BCUT2D eigenvalue weighted by Crippen LogP contribution is -2.27. The Morgan fingerprint density at radius 1 is 0.829 bits per heavy atom. The molecule has 4 aromatic rings. The summed E-state index contributed by atoms with van der Waals surface area (Å²) in [6.45, 7) is 8.59. The molecule has 0 saturated heterocycles.